The molecule has 4 nitrogen and oxygen atoms in total. The second-order valence-electron chi connectivity index (χ2n) is 5.42. The van der Waals surface area contributed by atoms with Crippen molar-refractivity contribution in [2.24, 2.45) is 0 Å². The number of aromatic nitrogens is 2. The number of hydrogen-bond acceptors (Lipinski definition) is 3. The van der Waals surface area contributed by atoms with E-state index in [-0.39, 0.29) is 5.97 Å². The summed E-state index contributed by atoms with van der Waals surface area (Å²) in [6, 6.07) is 17.7. The van der Waals surface area contributed by atoms with Gasteiger partial charge in [0.05, 0.1) is 18.5 Å². The lowest BCUT2D eigenvalue weighted by atomic mass is 10.0. The Kier molecular flexibility index (Phi) is 3.98. The van der Waals surface area contributed by atoms with Crippen LogP contribution in [0.4, 0.5) is 0 Å². The molecule has 1 aromatic heterocycles. The van der Waals surface area contributed by atoms with Crippen LogP contribution in [0, 0.1) is 13.8 Å². The first kappa shape index (κ1) is 15.0. The van der Waals surface area contributed by atoms with Crippen LogP contribution in [-0.4, -0.2) is 22.9 Å². The number of carbonyl (C=O) groups is 1. The largest absolute Gasteiger partial charge is 0.465 e. The first-order chi connectivity index (χ1) is 11.1. The standard InChI is InChI=1S/C19H18N2O2/c1-13-8-7-9-15(12-13)18-17(19(22)23-3)14(2)21(20-18)16-10-5-4-6-11-16/h4-12H,1-3H3. The predicted octanol–water partition coefficient (Wildman–Crippen LogP) is 3.94. The number of methoxy groups -OCH3 is 1. The monoisotopic (exact) mass is 306 g/mol. The highest BCUT2D eigenvalue weighted by atomic mass is 16.5. The molecule has 3 aromatic rings. The first-order valence-corrected chi connectivity index (χ1v) is 7.42. The van der Waals surface area contributed by atoms with Crippen molar-refractivity contribution in [1.29, 1.82) is 0 Å². The van der Waals surface area contributed by atoms with Gasteiger partial charge in [0.15, 0.2) is 0 Å². The van der Waals surface area contributed by atoms with E-state index in [0.717, 1.165) is 22.5 Å². The highest BCUT2D eigenvalue weighted by Crippen LogP contribution is 2.28. The van der Waals surface area contributed by atoms with Crippen molar-refractivity contribution in [2.75, 3.05) is 7.11 Å². The summed E-state index contributed by atoms with van der Waals surface area (Å²) in [6.07, 6.45) is 0. The van der Waals surface area contributed by atoms with Crippen LogP contribution in [0.3, 0.4) is 0 Å². The van der Waals surface area contributed by atoms with Gasteiger partial charge in [-0.05, 0) is 32.0 Å². The zero-order chi connectivity index (χ0) is 16.4. The van der Waals surface area contributed by atoms with E-state index in [2.05, 4.69) is 5.10 Å². The van der Waals surface area contributed by atoms with E-state index in [4.69, 9.17) is 4.74 Å². The van der Waals surface area contributed by atoms with Crippen LogP contribution in [0.2, 0.25) is 0 Å². The molecule has 116 valence electrons. The van der Waals surface area contributed by atoms with E-state index in [0.29, 0.717) is 11.3 Å². The third-order valence-corrected chi connectivity index (χ3v) is 3.80. The van der Waals surface area contributed by atoms with Crippen molar-refractivity contribution in [1.82, 2.24) is 9.78 Å². The quantitative estimate of drug-likeness (QED) is 0.688. The number of rotatable bonds is 3. The molecule has 0 aliphatic rings. The fraction of sp³-hybridized carbons (Fsp3) is 0.158. The Morgan fingerprint density at radius 2 is 1.78 bits per heavy atom. The number of carbonyl (C=O) groups excluding carboxylic acids is 1. The smallest absolute Gasteiger partial charge is 0.342 e. The molecule has 0 N–H and O–H groups in total. The van der Waals surface area contributed by atoms with E-state index < -0.39 is 0 Å². The SMILES string of the molecule is COC(=O)c1c(-c2cccc(C)c2)nn(-c2ccccc2)c1C. The van der Waals surface area contributed by atoms with Crippen LogP contribution in [0.5, 0.6) is 0 Å². The summed E-state index contributed by atoms with van der Waals surface area (Å²) in [6.45, 7) is 3.90. The summed E-state index contributed by atoms with van der Waals surface area (Å²) in [7, 11) is 1.39. The molecule has 0 saturated carbocycles. The first-order valence-electron chi connectivity index (χ1n) is 7.42. The molecule has 0 bridgehead atoms. The number of benzene rings is 2. The van der Waals surface area contributed by atoms with Gasteiger partial charge in [0, 0.05) is 5.56 Å². The molecule has 0 aliphatic heterocycles. The Morgan fingerprint density at radius 3 is 2.43 bits per heavy atom. The van der Waals surface area contributed by atoms with Gasteiger partial charge in [0.1, 0.15) is 11.3 Å². The van der Waals surface area contributed by atoms with Crippen molar-refractivity contribution in [3.63, 3.8) is 0 Å². The van der Waals surface area contributed by atoms with Crippen molar-refractivity contribution in [3.05, 3.63) is 71.4 Å². The third kappa shape index (κ3) is 2.75. The van der Waals surface area contributed by atoms with Crippen LogP contribution >= 0.6 is 0 Å². The molecule has 0 aliphatic carbocycles. The average molecular weight is 306 g/mol. The molecule has 1 heterocycles. The molecule has 23 heavy (non-hydrogen) atoms. The van der Waals surface area contributed by atoms with E-state index in [1.54, 1.807) is 4.68 Å². The minimum absolute atomic E-state index is 0.374. The minimum atomic E-state index is -0.374. The third-order valence-electron chi connectivity index (χ3n) is 3.80. The van der Waals surface area contributed by atoms with Gasteiger partial charge >= 0.3 is 5.97 Å². The topological polar surface area (TPSA) is 44.1 Å². The highest BCUT2D eigenvalue weighted by molar-refractivity contribution is 5.97. The normalized spacial score (nSPS) is 10.6. The fourth-order valence-corrected chi connectivity index (χ4v) is 2.66. The number of esters is 1. The Morgan fingerprint density at radius 1 is 1.04 bits per heavy atom. The molecule has 0 unspecified atom stereocenters. The lowest BCUT2D eigenvalue weighted by molar-refractivity contribution is 0.0600. The van der Waals surface area contributed by atoms with Gasteiger partial charge in [-0.1, -0.05) is 42.0 Å². The summed E-state index contributed by atoms with van der Waals surface area (Å²) in [4.78, 5) is 12.3. The predicted molar refractivity (Wildman–Crippen MR) is 89.8 cm³/mol. The van der Waals surface area contributed by atoms with Crippen molar-refractivity contribution >= 4 is 5.97 Å². The van der Waals surface area contributed by atoms with Crippen molar-refractivity contribution < 1.29 is 9.53 Å². The molecular weight excluding hydrogens is 288 g/mol. The fourth-order valence-electron chi connectivity index (χ4n) is 2.66. The molecule has 0 saturated heterocycles. The second kappa shape index (κ2) is 6.08. The molecule has 2 aromatic carbocycles. The van der Waals surface area contributed by atoms with Crippen LogP contribution in [0.1, 0.15) is 21.6 Å². The van der Waals surface area contributed by atoms with E-state index in [1.165, 1.54) is 7.11 Å². The summed E-state index contributed by atoms with van der Waals surface area (Å²) >= 11 is 0. The molecule has 0 atom stereocenters. The molecule has 0 radical (unpaired) electrons. The highest BCUT2D eigenvalue weighted by Gasteiger charge is 2.23. The summed E-state index contributed by atoms with van der Waals surface area (Å²) in [5.41, 5.74) is 4.84. The second-order valence-corrected chi connectivity index (χ2v) is 5.42. The van der Waals surface area contributed by atoms with Crippen molar-refractivity contribution in [2.45, 2.75) is 13.8 Å². The Hall–Kier alpha value is -2.88. The zero-order valence-corrected chi connectivity index (χ0v) is 13.4. The maximum absolute atomic E-state index is 12.3. The molecule has 3 rings (SSSR count). The molecule has 0 amide bonds. The van der Waals surface area contributed by atoms with Gasteiger partial charge in [-0.15, -0.1) is 0 Å². The number of nitrogens with zero attached hydrogens (tertiary/aromatic N) is 2. The van der Waals surface area contributed by atoms with Crippen molar-refractivity contribution in [3.8, 4) is 16.9 Å². The Labute approximate surface area is 135 Å². The van der Waals surface area contributed by atoms with Crippen LogP contribution < -0.4 is 0 Å². The van der Waals surface area contributed by atoms with Gasteiger partial charge in [-0.2, -0.15) is 5.10 Å². The van der Waals surface area contributed by atoms with Gasteiger partial charge in [0.2, 0.25) is 0 Å². The lowest BCUT2D eigenvalue weighted by Crippen LogP contribution is -2.05. The maximum atomic E-state index is 12.3. The summed E-state index contributed by atoms with van der Waals surface area (Å²) in [5.74, 6) is -0.374. The molecule has 0 spiro atoms. The van der Waals surface area contributed by atoms with E-state index >= 15 is 0 Å². The van der Waals surface area contributed by atoms with Gasteiger partial charge in [-0.3, -0.25) is 0 Å². The summed E-state index contributed by atoms with van der Waals surface area (Å²) < 4.78 is 6.75. The van der Waals surface area contributed by atoms with Gasteiger partial charge in [-0.25, -0.2) is 9.48 Å². The van der Waals surface area contributed by atoms with E-state index in [9.17, 15) is 4.79 Å². The van der Waals surface area contributed by atoms with Crippen LogP contribution in [0.25, 0.3) is 16.9 Å². The number of aryl methyl sites for hydroxylation is 1. The Balaban J connectivity index is 2.25. The number of para-hydroxylation sites is 1. The average Bonchev–Trinajstić information content (AvgIpc) is 2.92. The number of hydrogen-bond donors (Lipinski definition) is 0. The van der Waals surface area contributed by atoms with Gasteiger partial charge in [0.25, 0.3) is 0 Å². The zero-order valence-electron chi connectivity index (χ0n) is 13.4. The van der Waals surface area contributed by atoms with Gasteiger partial charge < -0.3 is 4.74 Å². The Bertz CT molecular complexity index is 851. The molecule has 0 fully saturated rings. The summed E-state index contributed by atoms with van der Waals surface area (Å²) in [5, 5.41) is 4.68. The number of ether oxygens (including phenoxy) is 1. The van der Waals surface area contributed by atoms with E-state index in [1.807, 2.05) is 68.4 Å². The minimum Gasteiger partial charge on any atom is -0.465 e. The van der Waals surface area contributed by atoms with Crippen LogP contribution in [0.15, 0.2) is 54.6 Å². The maximum Gasteiger partial charge on any atom is 0.342 e. The lowest BCUT2D eigenvalue weighted by Gasteiger charge is -2.04. The molecular formula is C19H18N2O2. The van der Waals surface area contributed by atoms with Crippen LogP contribution in [-0.2, 0) is 4.74 Å². The molecule has 4 heteroatoms.